The van der Waals surface area contributed by atoms with Gasteiger partial charge in [-0.15, -0.1) is 0 Å². The van der Waals surface area contributed by atoms with E-state index in [9.17, 15) is 13.5 Å². The van der Waals surface area contributed by atoms with Crippen molar-refractivity contribution in [3.63, 3.8) is 0 Å². The molecular formula is C14H18N2O3S. The number of nitrogens with zero attached hydrogens (tertiary/aromatic N) is 2. The number of hydrogen-bond donors (Lipinski definition) is 1. The van der Waals surface area contributed by atoms with Crippen LogP contribution < -0.4 is 4.90 Å². The summed E-state index contributed by atoms with van der Waals surface area (Å²) in [4.78, 5) is 1.95. The van der Waals surface area contributed by atoms with E-state index in [0.717, 1.165) is 11.3 Å². The van der Waals surface area contributed by atoms with Gasteiger partial charge >= 0.3 is 0 Å². The molecule has 1 aliphatic rings. The first kappa shape index (κ1) is 14.8. The monoisotopic (exact) mass is 294 g/mol. The lowest BCUT2D eigenvalue weighted by Crippen LogP contribution is -2.28. The summed E-state index contributed by atoms with van der Waals surface area (Å²) >= 11 is 0. The van der Waals surface area contributed by atoms with Gasteiger partial charge in [-0.05, 0) is 25.5 Å². The van der Waals surface area contributed by atoms with Crippen LogP contribution in [0.25, 0.3) is 0 Å². The van der Waals surface area contributed by atoms with E-state index in [2.05, 4.69) is 6.07 Å². The van der Waals surface area contributed by atoms with Gasteiger partial charge in [0.1, 0.15) is 0 Å². The predicted molar refractivity (Wildman–Crippen MR) is 77.3 cm³/mol. The number of anilines is 1. The van der Waals surface area contributed by atoms with Crippen LogP contribution in [0.5, 0.6) is 0 Å². The molecule has 0 aliphatic carbocycles. The Bertz CT molecular complexity index is 632. The zero-order valence-electron chi connectivity index (χ0n) is 11.4. The molecule has 0 bridgehead atoms. The summed E-state index contributed by atoms with van der Waals surface area (Å²) in [6, 6.07) is 7.20. The molecule has 5 nitrogen and oxygen atoms in total. The van der Waals surface area contributed by atoms with Crippen molar-refractivity contribution in [2.45, 2.75) is 19.4 Å². The second-order valence-corrected chi connectivity index (χ2v) is 7.36. The zero-order valence-corrected chi connectivity index (χ0v) is 12.2. The van der Waals surface area contributed by atoms with E-state index in [1.54, 1.807) is 25.1 Å². The topological polar surface area (TPSA) is 81.4 Å². The van der Waals surface area contributed by atoms with Crippen molar-refractivity contribution in [2.24, 2.45) is 0 Å². The lowest BCUT2D eigenvalue weighted by atomic mass is 10.0. The van der Waals surface area contributed by atoms with E-state index < -0.39 is 15.9 Å². The highest BCUT2D eigenvalue weighted by Crippen LogP contribution is 2.28. The minimum Gasteiger partial charge on any atom is -0.389 e. The molecular weight excluding hydrogens is 276 g/mol. The Kier molecular flexibility index (Phi) is 4.31. The quantitative estimate of drug-likeness (QED) is 0.887. The maximum absolute atomic E-state index is 11.7. The van der Waals surface area contributed by atoms with Crippen LogP contribution in [-0.4, -0.2) is 38.1 Å². The van der Waals surface area contributed by atoms with Crippen molar-refractivity contribution in [1.82, 2.24) is 0 Å². The fraction of sp³-hybridized carbons (Fsp3) is 0.500. The standard InChI is InChI=1S/C14H18N2O3S/c1-11(17)13-4-3-12(10-15)9-14(13)16-5-2-7-20(18,19)8-6-16/h3-4,9,11,17H,2,5-8H2,1H3. The van der Waals surface area contributed by atoms with Crippen LogP contribution in [0, 0.1) is 11.3 Å². The van der Waals surface area contributed by atoms with Crippen LogP contribution in [-0.2, 0) is 9.84 Å². The van der Waals surface area contributed by atoms with Crippen LogP contribution in [0.15, 0.2) is 18.2 Å². The summed E-state index contributed by atoms with van der Waals surface area (Å²) in [5.74, 6) is 0.314. The summed E-state index contributed by atoms with van der Waals surface area (Å²) in [7, 11) is -2.98. The highest BCUT2D eigenvalue weighted by Gasteiger charge is 2.22. The molecule has 108 valence electrons. The summed E-state index contributed by atoms with van der Waals surface area (Å²) in [6.07, 6.45) is -0.0872. The van der Waals surface area contributed by atoms with Crippen molar-refractivity contribution >= 4 is 15.5 Å². The number of hydrogen-bond acceptors (Lipinski definition) is 5. The molecule has 1 saturated heterocycles. The molecule has 0 amide bonds. The van der Waals surface area contributed by atoms with Gasteiger partial charge < -0.3 is 10.0 Å². The molecule has 1 N–H and O–H groups in total. The Balaban J connectivity index is 2.38. The number of aliphatic hydroxyl groups is 1. The third kappa shape index (κ3) is 3.30. The number of nitriles is 1. The number of benzene rings is 1. The third-order valence-corrected chi connectivity index (χ3v) is 5.22. The minimum absolute atomic E-state index is 0.114. The van der Waals surface area contributed by atoms with Crippen molar-refractivity contribution in [3.8, 4) is 6.07 Å². The van der Waals surface area contributed by atoms with Gasteiger partial charge in [-0.3, -0.25) is 0 Å². The van der Waals surface area contributed by atoms with Gasteiger partial charge in [0.15, 0.2) is 9.84 Å². The molecule has 1 aromatic rings. The van der Waals surface area contributed by atoms with Crippen LogP contribution >= 0.6 is 0 Å². The summed E-state index contributed by atoms with van der Waals surface area (Å²) < 4.78 is 23.3. The first-order valence-corrected chi connectivity index (χ1v) is 8.42. The molecule has 0 radical (unpaired) electrons. The van der Waals surface area contributed by atoms with Crippen molar-refractivity contribution in [2.75, 3.05) is 29.5 Å². The smallest absolute Gasteiger partial charge is 0.152 e. The molecule has 0 saturated carbocycles. The number of aliphatic hydroxyl groups excluding tert-OH is 1. The Morgan fingerprint density at radius 3 is 2.75 bits per heavy atom. The van der Waals surface area contributed by atoms with Gasteiger partial charge in [-0.1, -0.05) is 6.07 Å². The molecule has 0 spiro atoms. The van der Waals surface area contributed by atoms with Gasteiger partial charge in [0.25, 0.3) is 0 Å². The lowest BCUT2D eigenvalue weighted by molar-refractivity contribution is 0.199. The van der Waals surface area contributed by atoms with Gasteiger partial charge in [-0.2, -0.15) is 5.26 Å². The fourth-order valence-electron chi connectivity index (χ4n) is 2.42. The van der Waals surface area contributed by atoms with E-state index in [4.69, 9.17) is 5.26 Å². The zero-order chi connectivity index (χ0) is 14.8. The first-order valence-electron chi connectivity index (χ1n) is 6.60. The SMILES string of the molecule is CC(O)c1ccc(C#N)cc1N1CCCS(=O)(=O)CC1. The second-order valence-electron chi connectivity index (χ2n) is 5.05. The fourth-order valence-corrected chi connectivity index (χ4v) is 3.69. The average Bonchev–Trinajstić information content (AvgIpc) is 2.58. The molecule has 1 heterocycles. The van der Waals surface area contributed by atoms with E-state index in [0.29, 0.717) is 25.1 Å². The van der Waals surface area contributed by atoms with E-state index in [1.165, 1.54) is 0 Å². The Morgan fingerprint density at radius 1 is 1.35 bits per heavy atom. The van der Waals surface area contributed by atoms with Gasteiger partial charge in [0, 0.05) is 24.3 Å². The summed E-state index contributed by atoms with van der Waals surface area (Å²) in [5, 5.41) is 18.8. The van der Waals surface area contributed by atoms with Crippen LogP contribution in [0.4, 0.5) is 5.69 Å². The maximum atomic E-state index is 11.7. The number of rotatable bonds is 2. The predicted octanol–water partition coefficient (Wildman–Crippen LogP) is 1.24. The van der Waals surface area contributed by atoms with Crippen molar-refractivity contribution in [3.05, 3.63) is 29.3 Å². The summed E-state index contributed by atoms with van der Waals surface area (Å²) in [5.41, 5.74) is 2.00. The van der Waals surface area contributed by atoms with Gasteiger partial charge in [-0.25, -0.2) is 8.42 Å². The van der Waals surface area contributed by atoms with Gasteiger partial charge in [0.2, 0.25) is 0 Å². The highest BCUT2D eigenvalue weighted by atomic mass is 32.2. The third-order valence-electron chi connectivity index (χ3n) is 3.51. The molecule has 20 heavy (non-hydrogen) atoms. The first-order chi connectivity index (χ1) is 9.43. The molecule has 1 aromatic carbocycles. The summed E-state index contributed by atoms with van der Waals surface area (Å²) in [6.45, 7) is 2.68. The van der Waals surface area contributed by atoms with Gasteiger partial charge in [0.05, 0.1) is 29.2 Å². The Hall–Kier alpha value is -1.58. The van der Waals surface area contributed by atoms with Crippen LogP contribution in [0.1, 0.15) is 30.6 Å². The molecule has 1 aliphatic heterocycles. The molecule has 1 fully saturated rings. The normalized spacial score (nSPS) is 19.9. The molecule has 0 aromatic heterocycles. The van der Waals surface area contributed by atoms with Crippen LogP contribution in [0.2, 0.25) is 0 Å². The van der Waals surface area contributed by atoms with Crippen molar-refractivity contribution in [1.29, 1.82) is 5.26 Å². The average molecular weight is 294 g/mol. The van der Waals surface area contributed by atoms with Crippen molar-refractivity contribution < 1.29 is 13.5 Å². The second kappa shape index (κ2) is 5.81. The number of sulfone groups is 1. The largest absolute Gasteiger partial charge is 0.389 e. The lowest BCUT2D eigenvalue weighted by Gasteiger charge is -2.26. The molecule has 6 heteroatoms. The Labute approximate surface area is 119 Å². The maximum Gasteiger partial charge on any atom is 0.152 e. The Morgan fingerprint density at radius 2 is 2.10 bits per heavy atom. The highest BCUT2D eigenvalue weighted by molar-refractivity contribution is 7.91. The van der Waals surface area contributed by atoms with E-state index in [1.807, 2.05) is 4.90 Å². The molecule has 1 unspecified atom stereocenters. The van der Waals surface area contributed by atoms with Crippen LogP contribution in [0.3, 0.4) is 0 Å². The molecule has 2 rings (SSSR count). The molecule has 1 atom stereocenters. The minimum atomic E-state index is -2.98. The van der Waals surface area contributed by atoms with E-state index >= 15 is 0 Å². The van der Waals surface area contributed by atoms with E-state index in [-0.39, 0.29) is 11.5 Å².